The van der Waals surface area contributed by atoms with Crippen molar-refractivity contribution in [2.75, 3.05) is 6.61 Å². The lowest BCUT2D eigenvalue weighted by atomic mass is 10.1. The number of aliphatic hydroxyl groups excluding tert-OH is 4. The standard InChI is InChI=1S/C6H11BrO5/c7-6(12)5(11)4(10)1-3(9)2-8/h3-5,8-11H,1-2H2/t3-,4-,5+/m0/s1. The number of carbonyl (C=O) groups excluding carboxylic acids is 1. The third kappa shape index (κ3) is 4.13. The molecule has 0 heterocycles. The monoisotopic (exact) mass is 242 g/mol. The Hall–Kier alpha value is -0.0100. The van der Waals surface area contributed by atoms with Crippen LogP contribution in [0.3, 0.4) is 0 Å². The van der Waals surface area contributed by atoms with E-state index in [1.54, 1.807) is 0 Å². The van der Waals surface area contributed by atoms with Gasteiger partial charge in [0, 0.05) is 6.42 Å². The van der Waals surface area contributed by atoms with Gasteiger partial charge in [-0.25, -0.2) is 0 Å². The van der Waals surface area contributed by atoms with Crippen molar-refractivity contribution in [3.8, 4) is 0 Å². The van der Waals surface area contributed by atoms with Gasteiger partial charge in [-0.05, 0) is 15.9 Å². The highest BCUT2D eigenvalue weighted by atomic mass is 79.9. The van der Waals surface area contributed by atoms with Gasteiger partial charge in [-0.2, -0.15) is 0 Å². The van der Waals surface area contributed by atoms with Gasteiger partial charge in [-0.15, -0.1) is 0 Å². The van der Waals surface area contributed by atoms with Crippen molar-refractivity contribution in [2.24, 2.45) is 0 Å². The molecule has 72 valence electrons. The predicted molar refractivity (Wildman–Crippen MR) is 43.7 cm³/mol. The van der Waals surface area contributed by atoms with Crippen LogP contribution in [-0.2, 0) is 4.79 Å². The minimum atomic E-state index is -1.56. The quantitative estimate of drug-likeness (QED) is 0.435. The van der Waals surface area contributed by atoms with Crippen LogP contribution in [0, 0.1) is 0 Å². The minimum Gasteiger partial charge on any atom is -0.394 e. The van der Waals surface area contributed by atoms with Gasteiger partial charge >= 0.3 is 0 Å². The van der Waals surface area contributed by atoms with Gasteiger partial charge in [-0.1, -0.05) is 0 Å². The van der Waals surface area contributed by atoms with E-state index >= 15 is 0 Å². The first-order valence-electron chi connectivity index (χ1n) is 3.33. The molecule has 0 aromatic carbocycles. The van der Waals surface area contributed by atoms with Crippen LogP contribution in [0.4, 0.5) is 0 Å². The second kappa shape index (κ2) is 5.60. The molecule has 0 saturated heterocycles. The van der Waals surface area contributed by atoms with Gasteiger partial charge in [0.2, 0.25) is 4.69 Å². The fraction of sp³-hybridized carbons (Fsp3) is 0.833. The molecule has 0 amide bonds. The Bertz CT molecular complexity index is 151. The molecule has 0 aromatic heterocycles. The van der Waals surface area contributed by atoms with Crippen molar-refractivity contribution in [3.05, 3.63) is 0 Å². The molecular formula is C6H11BrO5. The summed E-state index contributed by atoms with van der Waals surface area (Å²) >= 11 is 2.46. The average Bonchev–Trinajstić information content (AvgIpc) is 2.02. The Kier molecular flexibility index (Phi) is 5.60. The van der Waals surface area contributed by atoms with E-state index in [9.17, 15) is 4.79 Å². The Morgan fingerprint density at radius 2 is 1.83 bits per heavy atom. The number of hydrogen-bond acceptors (Lipinski definition) is 5. The average molecular weight is 243 g/mol. The molecule has 0 saturated carbocycles. The maximum Gasteiger partial charge on any atom is 0.228 e. The zero-order chi connectivity index (χ0) is 9.72. The van der Waals surface area contributed by atoms with E-state index in [0.717, 1.165) is 0 Å². The highest BCUT2D eigenvalue weighted by Gasteiger charge is 2.24. The molecule has 0 aromatic rings. The van der Waals surface area contributed by atoms with Crippen molar-refractivity contribution in [3.63, 3.8) is 0 Å². The van der Waals surface area contributed by atoms with Crippen molar-refractivity contribution in [1.82, 2.24) is 0 Å². The molecule has 0 aliphatic carbocycles. The van der Waals surface area contributed by atoms with Gasteiger partial charge in [0.25, 0.3) is 0 Å². The second-order valence-electron chi connectivity index (χ2n) is 2.39. The van der Waals surface area contributed by atoms with Crippen molar-refractivity contribution >= 4 is 20.6 Å². The van der Waals surface area contributed by atoms with E-state index < -0.39 is 29.6 Å². The van der Waals surface area contributed by atoms with Crippen LogP contribution in [0.5, 0.6) is 0 Å². The highest BCUT2D eigenvalue weighted by Crippen LogP contribution is 2.06. The number of carbonyl (C=O) groups is 1. The molecule has 0 fully saturated rings. The molecule has 0 rings (SSSR count). The third-order valence-electron chi connectivity index (χ3n) is 1.32. The molecule has 0 bridgehead atoms. The summed E-state index contributed by atoms with van der Waals surface area (Å²) < 4.78 is -0.750. The summed E-state index contributed by atoms with van der Waals surface area (Å²) in [5, 5.41) is 35.1. The van der Waals surface area contributed by atoms with Crippen LogP contribution in [-0.4, -0.2) is 50.0 Å². The predicted octanol–water partition coefficient (Wildman–Crippen LogP) is -1.63. The molecular weight excluding hydrogens is 232 g/mol. The lowest BCUT2D eigenvalue weighted by Gasteiger charge is -2.16. The molecule has 5 nitrogen and oxygen atoms in total. The smallest absolute Gasteiger partial charge is 0.228 e. The third-order valence-corrected chi connectivity index (χ3v) is 1.79. The molecule has 0 aliphatic rings. The Morgan fingerprint density at radius 3 is 2.17 bits per heavy atom. The zero-order valence-corrected chi connectivity index (χ0v) is 7.81. The normalized spacial score (nSPS) is 18.4. The molecule has 3 atom stereocenters. The van der Waals surface area contributed by atoms with Crippen LogP contribution in [0.2, 0.25) is 0 Å². The number of aliphatic hydroxyl groups is 4. The van der Waals surface area contributed by atoms with Gasteiger partial charge in [-0.3, -0.25) is 4.79 Å². The zero-order valence-electron chi connectivity index (χ0n) is 6.22. The van der Waals surface area contributed by atoms with Gasteiger partial charge in [0.05, 0.1) is 18.8 Å². The van der Waals surface area contributed by atoms with Crippen molar-refractivity contribution in [1.29, 1.82) is 0 Å². The van der Waals surface area contributed by atoms with Crippen molar-refractivity contribution < 1.29 is 25.2 Å². The number of hydrogen-bond donors (Lipinski definition) is 4. The van der Waals surface area contributed by atoms with E-state index in [1.807, 2.05) is 0 Å². The summed E-state index contributed by atoms with van der Waals surface area (Å²) in [6.45, 7) is -0.514. The first kappa shape index (κ1) is 12.0. The van der Waals surface area contributed by atoms with Gasteiger partial charge < -0.3 is 20.4 Å². The molecule has 0 aliphatic heterocycles. The second-order valence-corrected chi connectivity index (χ2v) is 3.17. The van der Waals surface area contributed by atoms with E-state index in [0.29, 0.717) is 0 Å². The summed E-state index contributed by atoms with van der Waals surface area (Å²) in [5.74, 6) is 0. The Labute approximate surface area is 77.8 Å². The van der Waals surface area contributed by atoms with E-state index in [1.165, 1.54) is 0 Å². The van der Waals surface area contributed by atoms with Gasteiger partial charge in [0.1, 0.15) is 6.10 Å². The van der Waals surface area contributed by atoms with E-state index in [4.69, 9.17) is 20.4 Å². The minimum absolute atomic E-state index is 0.241. The molecule has 0 unspecified atom stereocenters. The molecule has 4 N–H and O–H groups in total. The van der Waals surface area contributed by atoms with E-state index in [2.05, 4.69) is 15.9 Å². The first-order valence-corrected chi connectivity index (χ1v) is 4.12. The summed E-state index contributed by atoms with van der Waals surface area (Å²) in [5.41, 5.74) is 0. The maximum atomic E-state index is 10.4. The van der Waals surface area contributed by atoms with Crippen LogP contribution in [0.1, 0.15) is 6.42 Å². The van der Waals surface area contributed by atoms with Gasteiger partial charge in [0.15, 0.2) is 0 Å². The fourth-order valence-electron chi connectivity index (χ4n) is 0.633. The SMILES string of the molecule is O=C(Br)[C@H](O)[C@@H](O)C[C@H](O)CO. The summed E-state index contributed by atoms with van der Waals surface area (Å²) in [6, 6.07) is 0. The molecule has 6 heteroatoms. The summed E-state index contributed by atoms with van der Waals surface area (Å²) in [4.78, 5) is 10.4. The first-order chi connectivity index (χ1) is 5.49. The lowest BCUT2D eigenvalue weighted by molar-refractivity contribution is -0.124. The van der Waals surface area contributed by atoms with Crippen LogP contribution >= 0.6 is 15.9 Å². The molecule has 12 heavy (non-hydrogen) atoms. The van der Waals surface area contributed by atoms with E-state index in [-0.39, 0.29) is 6.42 Å². The highest BCUT2D eigenvalue weighted by molar-refractivity contribution is 9.18. The van der Waals surface area contributed by atoms with Crippen molar-refractivity contribution in [2.45, 2.75) is 24.7 Å². The van der Waals surface area contributed by atoms with Crippen LogP contribution in [0.25, 0.3) is 0 Å². The number of rotatable bonds is 5. The van der Waals surface area contributed by atoms with Crippen LogP contribution < -0.4 is 0 Å². The largest absolute Gasteiger partial charge is 0.394 e. The number of halogens is 1. The topological polar surface area (TPSA) is 98.0 Å². The van der Waals surface area contributed by atoms with Crippen LogP contribution in [0.15, 0.2) is 0 Å². The summed E-state index contributed by atoms with van der Waals surface area (Å²) in [6.07, 6.45) is -4.29. The Balaban J connectivity index is 3.86. The lowest BCUT2D eigenvalue weighted by Crippen LogP contribution is -2.34. The maximum absolute atomic E-state index is 10.4. The summed E-state index contributed by atoms with van der Waals surface area (Å²) in [7, 11) is 0. The molecule has 0 spiro atoms. The molecule has 0 radical (unpaired) electrons. The fourth-order valence-corrected chi connectivity index (χ4v) is 0.939. The Morgan fingerprint density at radius 1 is 1.33 bits per heavy atom.